The number of aromatic hydroxyl groups is 1. The fourth-order valence-corrected chi connectivity index (χ4v) is 18.1. The fraction of sp³-hybridized carbons (Fsp3) is 0.506. The number of H-pyrrole nitrogens is 2. The smallest absolute Gasteiger partial charge is 0.305 e. The molecule has 44 nitrogen and oxygen atoms in total. The average Bonchev–Trinajstić information content (AvgIpc) is 1.66. The van der Waals surface area contributed by atoms with Gasteiger partial charge in [-0.25, -0.2) is 4.98 Å². The number of amides is 17. The van der Waals surface area contributed by atoms with Gasteiger partial charge >= 0.3 is 11.9 Å². The fourth-order valence-electron chi connectivity index (χ4n) is 16.2. The van der Waals surface area contributed by atoms with Crippen LogP contribution in [0.1, 0.15) is 133 Å². The van der Waals surface area contributed by atoms with Crippen LogP contribution in [0.25, 0.3) is 21.0 Å². The van der Waals surface area contributed by atoms with E-state index in [1.54, 1.807) is 61.0 Å². The number of thioether (sulfide) groups is 1. The maximum Gasteiger partial charge on any atom is 0.305 e. The van der Waals surface area contributed by atoms with Gasteiger partial charge in [0.2, 0.25) is 100 Å². The van der Waals surface area contributed by atoms with E-state index in [-0.39, 0.29) is 75.8 Å². The number of likely N-dealkylation sites (N-methyl/N-ethyl adjacent to an activating group) is 3. The summed E-state index contributed by atoms with van der Waals surface area (Å²) in [4.78, 5) is 289. The van der Waals surface area contributed by atoms with Crippen molar-refractivity contribution in [3.05, 3.63) is 119 Å². The number of phenols is 1. The Morgan fingerprint density at radius 2 is 1.11 bits per heavy atom. The number of aromatic amines is 2. The van der Waals surface area contributed by atoms with E-state index in [9.17, 15) is 78.3 Å². The van der Waals surface area contributed by atoms with Crippen molar-refractivity contribution in [2.24, 2.45) is 11.5 Å². The number of nitrogens with two attached hydrogens (primary N) is 2. The summed E-state index contributed by atoms with van der Waals surface area (Å²) in [5.41, 5.74) is 13.1. The van der Waals surface area contributed by atoms with Crippen LogP contribution in [0.15, 0.2) is 96.9 Å². The first-order valence-corrected chi connectivity index (χ1v) is 46.4. The zero-order chi connectivity index (χ0) is 98.6. The van der Waals surface area contributed by atoms with Gasteiger partial charge in [-0.05, 0) is 97.2 Å². The number of nitrogens with zero attached hydrogens (tertiary/aromatic N) is 6. The van der Waals surface area contributed by atoms with Crippen LogP contribution in [0.4, 0.5) is 0 Å². The molecule has 3 aromatic heterocycles. The minimum absolute atomic E-state index is 0.0568. The maximum atomic E-state index is 15.7. The van der Waals surface area contributed by atoms with Crippen LogP contribution in [0, 0.1) is 0 Å². The van der Waals surface area contributed by atoms with Gasteiger partial charge < -0.3 is 125 Å². The number of rotatable bonds is 26. The van der Waals surface area contributed by atoms with Crippen molar-refractivity contribution in [1.29, 1.82) is 0 Å². The van der Waals surface area contributed by atoms with Crippen molar-refractivity contribution in [3.8, 4) is 5.75 Å². The number of primary amides is 2. The number of carbonyl (C=O) groups excluding carboxylic acids is 17. The molecule has 0 radical (unpaired) electrons. The Hall–Kier alpha value is -13.6. The number of carboxylic acids is 2. The highest BCUT2D eigenvalue weighted by molar-refractivity contribution is 8.00. The zero-order valence-corrected chi connectivity index (χ0v) is 77.1. The van der Waals surface area contributed by atoms with E-state index in [0.29, 0.717) is 57.6 Å². The highest BCUT2D eigenvalue weighted by Gasteiger charge is 2.47. The molecule has 15 atom stereocenters. The van der Waals surface area contributed by atoms with Crippen LogP contribution in [-0.2, 0) is 117 Å². The number of thiophene rings is 1. The number of aliphatic carboxylic acids is 2. The van der Waals surface area contributed by atoms with Crippen LogP contribution >= 0.6 is 23.1 Å². The van der Waals surface area contributed by atoms with Crippen LogP contribution < -0.4 is 64.6 Å². The number of phenolic OH excluding ortho intramolecular Hbond substituents is 1. The van der Waals surface area contributed by atoms with Crippen LogP contribution in [0.2, 0.25) is 0 Å². The number of para-hydroxylation sites is 1. The lowest BCUT2D eigenvalue weighted by molar-refractivity contribution is -0.149. The third-order valence-electron chi connectivity index (χ3n) is 23.8. The molecule has 3 aromatic carbocycles. The molecule has 0 saturated carbocycles. The molecule has 6 aromatic rings. The van der Waals surface area contributed by atoms with E-state index in [0.717, 1.165) is 36.2 Å². The maximum absolute atomic E-state index is 15.7. The summed E-state index contributed by atoms with van der Waals surface area (Å²) >= 11 is 2.00. The predicted molar refractivity (Wildman–Crippen MR) is 488 cm³/mol. The van der Waals surface area contributed by atoms with Gasteiger partial charge in [-0.3, -0.25) is 91.1 Å². The Balaban J connectivity index is 1.10. The molecule has 0 bridgehead atoms. The topological polar surface area (TPSA) is 658 Å². The number of fused-ring (bicyclic) bond motifs is 4. The molecule has 6 heterocycles. The summed E-state index contributed by atoms with van der Waals surface area (Å²) < 4.78 is 0.779. The van der Waals surface area contributed by atoms with E-state index < -0.39 is 279 Å². The Bertz CT molecular complexity index is 5290. The molecule has 3 fully saturated rings. The number of aromatic nitrogens is 3. The first-order valence-electron chi connectivity index (χ1n) is 44.3. The predicted octanol–water partition coefficient (Wildman–Crippen LogP) is -2.78. The Morgan fingerprint density at radius 1 is 0.541 bits per heavy atom. The van der Waals surface area contributed by atoms with Gasteiger partial charge in [0, 0.05) is 113 Å². The van der Waals surface area contributed by atoms with E-state index in [1.807, 2.05) is 13.0 Å². The molecule has 3 saturated heterocycles. The van der Waals surface area contributed by atoms with E-state index >= 15 is 38.4 Å². The number of unbranched alkanes of at least 4 members (excludes halogenated alkanes) is 2. The molecule has 135 heavy (non-hydrogen) atoms. The van der Waals surface area contributed by atoms with Crippen LogP contribution in [0.3, 0.4) is 0 Å². The van der Waals surface area contributed by atoms with Crippen molar-refractivity contribution in [2.75, 3.05) is 58.9 Å². The number of imidazole rings is 1. The minimum atomic E-state index is -1.96. The summed E-state index contributed by atoms with van der Waals surface area (Å²) in [6, 6.07) is -4.15. The molecule has 730 valence electrons. The van der Waals surface area contributed by atoms with Crippen molar-refractivity contribution < 1.29 is 117 Å². The molecule has 46 heteroatoms. The number of hydrogen-bond donors (Lipinski definition) is 19. The third kappa shape index (κ3) is 29.2. The largest absolute Gasteiger partial charge is 0.508 e. The van der Waals surface area contributed by atoms with Gasteiger partial charge in [-0.2, -0.15) is 0 Å². The molecule has 0 unspecified atom stereocenters. The van der Waals surface area contributed by atoms with Gasteiger partial charge in [0.25, 0.3) is 0 Å². The second-order valence-corrected chi connectivity index (χ2v) is 35.6. The second-order valence-electron chi connectivity index (χ2n) is 33.6. The first kappa shape index (κ1) is 105. The molecule has 3 aliphatic rings. The summed E-state index contributed by atoms with van der Waals surface area (Å²) in [6.07, 6.45) is -1.56. The van der Waals surface area contributed by atoms with Crippen molar-refractivity contribution in [3.63, 3.8) is 0 Å². The normalized spacial score (nSPS) is 24.7. The van der Waals surface area contributed by atoms with Gasteiger partial charge in [0.05, 0.1) is 43.5 Å². The number of aliphatic hydroxyl groups is 2. The third-order valence-corrected chi connectivity index (χ3v) is 25.9. The molecule has 21 N–H and O–H groups in total. The Morgan fingerprint density at radius 3 is 1.76 bits per heavy atom. The summed E-state index contributed by atoms with van der Waals surface area (Å²) in [5.74, 6) is -22.0. The van der Waals surface area contributed by atoms with Gasteiger partial charge in [-0.1, -0.05) is 88.1 Å². The number of carbonyl (C=O) groups is 19. The lowest BCUT2D eigenvalue weighted by Gasteiger charge is -2.36. The number of aliphatic hydroxyl groups excluding tert-OH is 2. The summed E-state index contributed by atoms with van der Waals surface area (Å²) in [7, 11) is 3.73. The van der Waals surface area contributed by atoms with Crippen LogP contribution in [0.5, 0.6) is 5.75 Å². The minimum Gasteiger partial charge on any atom is -0.508 e. The molecule has 0 aliphatic carbocycles. The lowest BCUT2D eigenvalue weighted by Crippen LogP contribution is -2.62. The number of carboxylic acid groups (broad SMARTS) is 2. The monoisotopic (exact) mass is 1910 g/mol. The van der Waals surface area contributed by atoms with Crippen molar-refractivity contribution >= 4 is 156 Å². The van der Waals surface area contributed by atoms with Crippen molar-refractivity contribution in [2.45, 2.75) is 227 Å². The van der Waals surface area contributed by atoms with E-state index in [2.05, 4.69) is 68.1 Å². The zero-order valence-electron chi connectivity index (χ0n) is 75.5. The highest BCUT2D eigenvalue weighted by atomic mass is 32.2. The number of benzene rings is 3. The summed E-state index contributed by atoms with van der Waals surface area (Å²) in [6.45, 7) is 2.07. The van der Waals surface area contributed by atoms with E-state index in [1.165, 1.54) is 69.1 Å². The van der Waals surface area contributed by atoms with Crippen molar-refractivity contribution in [1.82, 2.24) is 92.6 Å². The first-order chi connectivity index (χ1) is 64.3. The molecular weight excluding hydrogens is 1800 g/mol. The Labute approximate surface area is 784 Å². The number of nitrogens with one attached hydrogen (secondary N) is 12. The molecular formula is C89H118N20O24S2. The van der Waals surface area contributed by atoms with E-state index in [4.69, 9.17) is 11.5 Å². The van der Waals surface area contributed by atoms with Gasteiger partial charge in [0.1, 0.15) is 90.3 Å². The quantitative estimate of drug-likeness (QED) is 0.0261. The molecule has 3 aliphatic heterocycles. The Kier molecular flexibility index (Phi) is 38.8. The molecule has 9 rings (SSSR count). The SMILES string of the molecule is CCCC[C@H]1C(=O)N(C)[C@@H](CCCC)C(=O)N[C@@H](CCC(=O)O)C(=O)N[C@H](C(=O)NCC(N)=O)CSCC(=O)N[C@@H](Cc2ccc(O)cc2)C(=O)N(C)[C@@H](C)C(=O)N[C@H](CC(=O)O)C(=O)N2CCC[C@H]2C(=O)N[C@@H](Cc2c[nH]cn2)C(=O)N[C@@H](CCC(N)=O)C(=O)N2C[C@H](O)C[C@H]2C(=O)N[C@@H](Cc2c[nH]c3ccccc23)C(=O)N[C@@H](CO)C(=O)N[C@@H](Cc2csc3ccccc23)C(=O)N1C. The van der Waals surface area contributed by atoms with Gasteiger partial charge in [-0.15, -0.1) is 23.1 Å². The standard InChI is InChI=1S/C89H118N20O24S2/c1-7-9-19-66-82(126)97-57(28-30-74(116)117)78(122)104-65(77(121)94-40-72(91)114)44-134-45-73(115)96-61(32-48-23-25-52(111)26-24-48)85(129)105(4)47(3)76(120)101-63(37-75(118)119)88(132)108-31-15-21-67(108)83(127)100-60(35-51-39-92-46-95-51)80(124)98-58(27-29-71(90)113)87(131)109-41-53(112)36-69(109)84(128)99-59(33-49-38-93-56-18-13-11-16-54(49)56)79(123)103-64(42-110)81(125)102-62(34-50-43-135-70-22-14-12-17-55(50)70)86(130)107(6)68(20-10-8-2)89(133)106(66)5/h11-14,16-18,22-26,38-39,43,46-47,53,57-69,93,110-112H,7-10,15,19-21,27-37,40-42,44-45H2,1-6H3,(H2,90,113)(H2,91,114)(H,92,95)(H,94,121)(H,96,115)(H,97,126)(H,98,124)(H,99,128)(H,100,127)(H,101,120)(H,102,125)(H,103,123)(H,104,122)(H,116,117)(H,118,119)/t47-,53+,57-,58-,59-,60-,61-,62-,63+,64-,65-,66-,67-,68-,69-/m0/s1. The lowest BCUT2D eigenvalue weighted by atomic mass is 10.00. The molecule has 0 spiro atoms. The number of hydrogen-bond acceptors (Lipinski definition) is 25. The molecule has 17 amide bonds. The summed E-state index contributed by atoms with van der Waals surface area (Å²) in [5, 5.41) is 81.5. The second kappa shape index (κ2) is 49.9. The van der Waals surface area contributed by atoms with Gasteiger partial charge in [0.15, 0.2) is 0 Å². The highest BCUT2D eigenvalue weighted by Crippen LogP contribution is 2.30. The van der Waals surface area contributed by atoms with Crippen LogP contribution in [-0.4, -0.2) is 327 Å². The average molecular weight is 1920 g/mol.